The molecule has 3 heteroatoms. The summed E-state index contributed by atoms with van der Waals surface area (Å²) in [4.78, 5) is 11.6. The van der Waals surface area contributed by atoms with E-state index in [0.717, 1.165) is 25.7 Å². The van der Waals surface area contributed by atoms with E-state index in [1.807, 2.05) is 13.8 Å². The molecule has 3 nitrogen and oxygen atoms in total. The number of carbonyl (C=O) groups is 1. The van der Waals surface area contributed by atoms with Crippen molar-refractivity contribution in [2.24, 2.45) is 5.92 Å². The van der Waals surface area contributed by atoms with Gasteiger partial charge in [0, 0.05) is 0 Å². The summed E-state index contributed by atoms with van der Waals surface area (Å²) in [5, 5.41) is 0. The third kappa shape index (κ3) is 4.20. The zero-order chi connectivity index (χ0) is 11.3. The highest BCUT2D eigenvalue weighted by atomic mass is 16.6. The first-order valence-corrected chi connectivity index (χ1v) is 6.01. The number of ether oxygens (including phenoxy) is 2. The topological polar surface area (TPSA) is 38.8 Å². The molecule has 0 spiro atoms. The summed E-state index contributed by atoms with van der Waals surface area (Å²) in [5.41, 5.74) is 0. The Morgan fingerprint density at radius 3 is 2.60 bits per heavy atom. The summed E-state index contributed by atoms with van der Waals surface area (Å²) >= 11 is 0. The monoisotopic (exact) mass is 214 g/mol. The second kappa shape index (κ2) is 6.11. The molecule has 1 aliphatic rings. The molecule has 1 rings (SSSR count). The van der Waals surface area contributed by atoms with Crippen LogP contribution in [0.1, 0.15) is 46.5 Å². The lowest BCUT2D eigenvalue weighted by Crippen LogP contribution is -2.19. The van der Waals surface area contributed by atoms with E-state index in [4.69, 9.17) is 9.47 Å². The second-order valence-electron chi connectivity index (χ2n) is 4.24. The zero-order valence-electron chi connectivity index (χ0n) is 9.99. The summed E-state index contributed by atoms with van der Waals surface area (Å²) in [5.74, 6) is -0.0227. The molecular weight excluding hydrogens is 192 g/mol. The van der Waals surface area contributed by atoms with Gasteiger partial charge in [-0.2, -0.15) is 0 Å². The van der Waals surface area contributed by atoms with Crippen LogP contribution in [0.15, 0.2) is 0 Å². The Hall–Kier alpha value is -0.570. The molecule has 0 aromatic heterocycles. The van der Waals surface area contributed by atoms with E-state index < -0.39 is 0 Å². The van der Waals surface area contributed by atoms with Gasteiger partial charge in [0.05, 0.1) is 24.7 Å². The van der Waals surface area contributed by atoms with Gasteiger partial charge in [-0.3, -0.25) is 4.79 Å². The number of hydrogen-bond acceptors (Lipinski definition) is 3. The van der Waals surface area contributed by atoms with Crippen LogP contribution in [0.25, 0.3) is 0 Å². The molecule has 1 saturated heterocycles. The molecule has 0 N–H and O–H groups in total. The number of carbonyl (C=O) groups excluding carboxylic acids is 1. The maximum Gasteiger partial charge on any atom is 0.309 e. The van der Waals surface area contributed by atoms with Gasteiger partial charge in [0.15, 0.2) is 0 Å². The van der Waals surface area contributed by atoms with Gasteiger partial charge in [-0.15, -0.1) is 0 Å². The van der Waals surface area contributed by atoms with Crippen LogP contribution in [0.2, 0.25) is 0 Å². The summed E-state index contributed by atoms with van der Waals surface area (Å²) in [6, 6.07) is 0. The van der Waals surface area contributed by atoms with Gasteiger partial charge in [-0.25, -0.2) is 0 Å². The van der Waals surface area contributed by atoms with Crippen molar-refractivity contribution in [3.8, 4) is 0 Å². The van der Waals surface area contributed by atoms with Crippen molar-refractivity contribution in [3.63, 3.8) is 0 Å². The average molecular weight is 214 g/mol. The Morgan fingerprint density at radius 2 is 2.13 bits per heavy atom. The summed E-state index contributed by atoms with van der Waals surface area (Å²) in [7, 11) is 0. The average Bonchev–Trinajstić information content (AvgIpc) is 2.91. The largest absolute Gasteiger partial charge is 0.465 e. The lowest BCUT2D eigenvalue weighted by Gasteiger charge is -2.12. The van der Waals surface area contributed by atoms with E-state index in [2.05, 4.69) is 6.92 Å². The zero-order valence-corrected chi connectivity index (χ0v) is 9.99. The second-order valence-corrected chi connectivity index (χ2v) is 4.24. The van der Waals surface area contributed by atoms with Gasteiger partial charge in [-0.1, -0.05) is 20.3 Å². The fourth-order valence-electron chi connectivity index (χ4n) is 1.62. The third-order valence-corrected chi connectivity index (χ3v) is 2.92. The molecule has 0 saturated carbocycles. The molecule has 0 aliphatic carbocycles. The molecule has 15 heavy (non-hydrogen) atoms. The van der Waals surface area contributed by atoms with Gasteiger partial charge < -0.3 is 9.47 Å². The van der Waals surface area contributed by atoms with Crippen LogP contribution >= 0.6 is 0 Å². The van der Waals surface area contributed by atoms with Crippen molar-refractivity contribution < 1.29 is 14.3 Å². The number of rotatable bonds is 7. The lowest BCUT2D eigenvalue weighted by atomic mass is 9.99. The smallest absolute Gasteiger partial charge is 0.309 e. The lowest BCUT2D eigenvalue weighted by molar-refractivity contribution is -0.149. The molecule has 0 bridgehead atoms. The number of epoxide rings is 1. The van der Waals surface area contributed by atoms with Crippen LogP contribution in [0.5, 0.6) is 0 Å². The molecular formula is C12H22O3. The Balaban J connectivity index is 2.20. The maximum atomic E-state index is 11.6. The predicted molar refractivity (Wildman–Crippen MR) is 58.6 cm³/mol. The van der Waals surface area contributed by atoms with Crippen molar-refractivity contribution in [1.82, 2.24) is 0 Å². The first kappa shape index (κ1) is 12.5. The summed E-state index contributed by atoms with van der Waals surface area (Å²) in [6.07, 6.45) is 4.31. The van der Waals surface area contributed by atoms with Crippen molar-refractivity contribution in [1.29, 1.82) is 0 Å². The molecule has 1 heterocycles. The van der Waals surface area contributed by atoms with E-state index in [0.29, 0.717) is 12.7 Å². The van der Waals surface area contributed by atoms with Crippen LogP contribution < -0.4 is 0 Å². The minimum Gasteiger partial charge on any atom is -0.465 e. The van der Waals surface area contributed by atoms with E-state index >= 15 is 0 Å². The SMILES string of the molecule is CCCCOC(=O)C(CC)CC1OC1C. The normalized spacial score (nSPS) is 26.1. The molecule has 0 aromatic rings. The fourth-order valence-corrected chi connectivity index (χ4v) is 1.62. The number of hydrogen-bond donors (Lipinski definition) is 0. The molecule has 3 unspecified atom stereocenters. The Kier molecular flexibility index (Phi) is 5.09. The van der Waals surface area contributed by atoms with E-state index in [-0.39, 0.29) is 18.0 Å². The highest BCUT2D eigenvalue weighted by Crippen LogP contribution is 2.29. The maximum absolute atomic E-state index is 11.6. The van der Waals surface area contributed by atoms with Crippen molar-refractivity contribution >= 4 is 5.97 Å². The Bertz CT molecular complexity index is 203. The molecule has 0 radical (unpaired) electrons. The predicted octanol–water partition coefficient (Wildman–Crippen LogP) is 2.53. The number of unbranched alkanes of at least 4 members (excludes halogenated alkanes) is 1. The van der Waals surface area contributed by atoms with Gasteiger partial charge in [0.1, 0.15) is 0 Å². The van der Waals surface area contributed by atoms with Crippen LogP contribution in [0.4, 0.5) is 0 Å². The molecule has 88 valence electrons. The van der Waals surface area contributed by atoms with Crippen LogP contribution in [-0.2, 0) is 14.3 Å². The van der Waals surface area contributed by atoms with Gasteiger partial charge >= 0.3 is 5.97 Å². The summed E-state index contributed by atoms with van der Waals surface area (Å²) in [6.45, 7) is 6.72. The van der Waals surface area contributed by atoms with Gasteiger partial charge in [0.2, 0.25) is 0 Å². The highest BCUT2D eigenvalue weighted by Gasteiger charge is 2.37. The highest BCUT2D eigenvalue weighted by molar-refractivity contribution is 5.72. The van der Waals surface area contributed by atoms with Crippen LogP contribution in [0.3, 0.4) is 0 Å². The summed E-state index contributed by atoms with van der Waals surface area (Å²) < 4.78 is 10.5. The van der Waals surface area contributed by atoms with Gasteiger partial charge in [-0.05, 0) is 26.2 Å². The van der Waals surface area contributed by atoms with E-state index in [1.165, 1.54) is 0 Å². The van der Waals surface area contributed by atoms with Crippen molar-refractivity contribution in [2.45, 2.75) is 58.7 Å². The molecule has 1 fully saturated rings. The molecule has 0 amide bonds. The number of esters is 1. The first-order chi connectivity index (χ1) is 7.19. The third-order valence-electron chi connectivity index (χ3n) is 2.92. The fraction of sp³-hybridized carbons (Fsp3) is 0.917. The van der Waals surface area contributed by atoms with Crippen molar-refractivity contribution in [2.75, 3.05) is 6.61 Å². The first-order valence-electron chi connectivity index (χ1n) is 6.01. The Morgan fingerprint density at radius 1 is 1.47 bits per heavy atom. The van der Waals surface area contributed by atoms with Crippen LogP contribution in [0, 0.1) is 5.92 Å². The van der Waals surface area contributed by atoms with E-state index in [9.17, 15) is 4.79 Å². The standard InChI is InChI=1S/C12H22O3/c1-4-6-7-14-12(13)10(5-2)8-11-9(3)15-11/h9-11H,4-8H2,1-3H3. The van der Waals surface area contributed by atoms with Gasteiger partial charge in [0.25, 0.3) is 0 Å². The minimum absolute atomic E-state index is 0.0248. The molecule has 1 aliphatic heterocycles. The minimum atomic E-state index is -0.0475. The van der Waals surface area contributed by atoms with E-state index in [1.54, 1.807) is 0 Å². The Labute approximate surface area is 92.1 Å². The quantitative estimate of drug-likeness (QED) is 0.371. The van der Waals surface area contributed by atoms with Crippen LogP contribution in [-0.4, -0.2) is 24.8 Å². The molecule has 3 atom stereocenters. The molecule has 0 aromatic carbocycles. The van der Waals surface area contributed by atoms with Crippen molar-refractivity contribution in [3.05, 3.63) is 0 Å².